The highest BCUT2D eigenvalue weighted by Gasteiger charge is 2.29. The van der Waals surface area contributed by atoms with Crippen molar-refractivity contribution in [2.24, 2.45) is 0 Å². The van der Waals surface area contributed by atoms with Crippen LogP contribution >= 0.6 is 0 Å². The Kier molecular flexibility index (Phi) is 4.65. The molecule has 1 aliphatic heterocycles. The van der Waals surface area contributed by atoms with Crippen molar-refractivity contribution in [1.82, 2.24) is 9.84 Å². The number of hydrogen-bond donors (Lipinski definition) is 2. The third kappa shape index (κ3) is 3.61. The van der Waals surface area contributed by atoms with Crippen LogP contribution in [-0.2, 0) is 10.0 Å². The highest BCUT2D eigenvalue weighted by molar-refractivity contribution is 7.89. The number of rotatable bonds is 4. The lowest BCUT2D eigenvalue weighted by molar-refractivity contribution is 0.0696. The van der Waals surface area contributed by atoms with Crippen LogP contribution in [0.2, 0.25) is 0 Å². The highest BCUT2D eigenvalue weighted by atomic mass is 32.2. The molecule has 0 amide bonds. The van der Waals surface area contributed by atoms with Crippen LogP contribution in [0, 0.1) is 0 Å². The van der Waals surface area contributed by atoms with Crippen LogP contribution in [0.4, 0.5) is 0 Å². The van der Waals surface area contributed by atoms with E-state index >= 15 is 0 Å². The molecule has 0 saturated carbocycles. The van der Waals surface area contributed by atoms with Crippen LogP contribution < -0.4 is 4.83 Å². The molecule has 1 aromatic rings. The van der Waals surface area contributed by atoms with E-state index in [2.05, 4.69) is 4.83 Å². The van der Waals surface area contributed by atoms with Gasteiger partial charge in [-0.1, -0.05) is 6.42 Å². The second kappa shape index (κ2) is 6.13. The zero-order valence-corrected chi connectivity index (χ0v) is 12.9. The number of hydrazine groups is 1. The van der Waals surface area contributed by atoms with Gasteiger partial charge >= 0.3 is 5.97 Å². The van der Waals surface area contributed by atoms with Crippen molar-refractivity contribution in [2.45, 2.75) is 50.1 Å². The van der Waals surface area contributed by atoms with Crippen molar-refractivity contribution in [3.8, 4) is 0 Å². The molecule has 2 atom stereocenters. The number of aromatic carboxylic acids is 1. The minimum absolute atomic E-state index is 0.0636. The molecule has 6 nitrogen and oxygen atoms in total. The topological polar surface area (TPSA) is 86.7 Å². The van der Waals surface area contributed by atoms with Crippen LogP contribution in [0.5, 0.6) is 0 Å². The number of sulfonamides is 1. The Bertz CT molecular complexity index is 602. The summed E-state index contributed by atoms with van der Waals surface area (Å²) in [5, 5.41) is 10.6. The summed E-state index contributed by atoms with van der Waals surface area (Å²) >= 11 is 0. The molecule has 116 valence electrons. The Balaban J connectivity index is 2.19. The van der Waals surface area contributed by atoms with E-state index in [1.165, 1.54) is 24.3 Å². The molecule has 0 aliphatic carbocycles. The first-order chi connectivity index (χ1) is 9.81. The molecular weight excluding hydrogens is 292 g/mol. The predicted molar refractivity (Wildman–Crippen MR) is 78.3 cm³/mol. The molecule has 2 N–H and O–H groups in total. The number of carboxylic acid groups (broad SMARTS) is 1. The maximum Gasteiger partial charge on any atom is 0.335 e. The summed E-state index contributed by atoms with van der Waals surface area (Å²) in [5.41, 5.74) is 0.0636. The fraction of sp³-hybridized carbons (Fsp3) is 0.500. The van der Waals surface area contributed by atoms with Crippen molar-refractivity contribution < 1.29 is 18.3 Å². The quantitative estimate of drug-likeness (QED) is 0.886. The average Bonchev–Trinajstić information content (AvgIpc) is 2.43. The van der Waals surface area contributed by atoms with Crippen molar-refractivity contribution in [3.05, 3.63) is 29.8 Å². The Morgan fingerprint density at radius 3 is 2.19 bits per heavy atom. The second-order valence-corrected chi connectivity index (χ2v) is 7.12. The van der Waals surface area contributed by atoms with E-state index in [1.807, 2.05) is 13.8 Å². The smallest absolute Gasteiger partial charge is 0.335 e. The second-order valence-electron chi connectivity index (χ2n) is 5.46. The summed E-state index contributed by atoms with van der Waals surface area (Å²) < 4.78 is 24.7. The Hall–Kier alpha value is -1.44. The van der Waals surface area contributed by atoms with Gasteiger partial charge in [0, 0.05) is 12.1 Å². The van der Waals surface area contributed by atoms with Crippen molar-refractivity contribution >= 4 is 16.0 Å². The summed E-state index contributed by atoms with van der Waals surface area (Å²) in [5.74, 6) is -1.08. The molecule has 21 heavy (non-hydrogen) atoms. The molecule has 0 aromatic heterocycles. The lowest BCUT2D eigenvalue weighted by Gasteiger charge is -2.38. The van der Waals surface area contributed by atoms with Gasteiger partial charge in [-0.25, -0.2) is 18.2 Å². The molecule has 1 saturated heterocycles. The maximum atomic E-state index is 12.4. The van der Waals surface area contributed by atoms with E-state index in [0.29, 0.717) is 0 Å². The number of carbonyl (C=O) groups is 1. The Morgan fingerprint density at radius 1 is 1.19 bits per heavy atom. The van der Waals surface area contributed by atoms with Crippen LogP contribution in [0.25, 0.3) is 0 Å². The lowest BCUT2D eigenvalue weighted by atomic mass is 10.0. The summed E-state index contributed by atoms with van der Waals surface area (Å²) in [6, 6.07) is 5.49. The van der Waals surface area contributed by atoms with Gasteiger partial charge in [-0.05, 0) is 51.0 Å². The van der Waals surface area contributed by atoms with E-state index in [0.717, 1.165) is 19.3 Å². The molecule has 1 heterocycles. The van der Waals surface area contributed by atoms with Crippen LogP contribution in [-0.4, -0.2) is 36.6 Å². The van der Waals surface area contributed by atoms with Gasteiger partial charge in [0.15, 0.2) is 0 Å². The van der Waals surface area contributed by atoms with Gasteiger partial charge in [0.1, 0.15) is 0 Å². The van der Waals surface area contributed by atoms with Crippen LogP contribution in [0.3, 0.4) is 0 Å². The molecule has 0 spiro atoms. The molecule has 1 fully saturated rings. The maximum absolute atomic E-state index is 12.4. The van der Waals surface area contributed by atoms with E-state index in [4.69, 9.17) is 5.11 Å². The molecule has 2 unspecified atom stereocenters. The first kappa shape index (κ1) is 15.9. The molecular formula is C14H20N2O4S. The largest absolute Gasteiger partial charge is 0.478 e. The molecule has 0 radical (unpaired) electrons. The molecule has 2 rings (SSSR count). The lowest BCUT2D eigenvalue weighted by Crippen LogP contribution is -2.53. The van der Waals surface area contributed by atoms with Crippen molar-refractivity contribution in [1.29, 1.82) is 0 Å². The van der Waals surface area contributed by atoms with E-state index < -0.39 is 16.0 Å². The van der Waals surface area contributed by atoms with Crippen molar-refractivity contribution in [2.75, 3.05) is 0 Å². The van der Waals surface area contributed by atoms with Gasteiger partial charge in [-0.2, -0.15) is 0 Å². The fourth-order valence-electron chi connectivity index (χ4n) is 2.57. The van der Waals surface area contributed by atoms with Gasteiger partial charge < -0.3 is 5.11 Å². The first-order valence-corrected chi connectivity index (χ1v) is 8.44. The van der Waals surface area contributed by atoms with Crippen LogP contribution in [0.15, 0.2) is 29.2 Å². The van der Waals surface area contributed by atoms with E-state index in [1.54, 1.807) is 5.01 Å². The predicted octanol–water partition coefficient (Wildman–Crippen LogP) is 1.84. The van der Waals surface area contributed by atoms with Gasteiger partial charge in [-0.3, -0.25) is 0 Å². The normalized spacial score (nSPS) is 23.9. The first-order valence-electron chi connectivity index (χ1n) is 6.95. The van der Waals surface area contributed by atoms with Gasteiger partial charge in [0.05, 0.1) is 10.5 Å². The fourth-order valence-corrected chi connectivity index (χ4v) is 3.81. The summed E-state index contributed by atoms with van der Waals surface area (Å²) in [6.07, 6.45) is 2.99. The number of benzene rings is 1. The Labute approximate surface area is 124 Å². The highest BCUT2D eigenvalue weighted by Crippen LogP contribution is 2.22. The van der Waals surface area contributed by atoms with Gasteiger partial charge in [0.25, 0.3) is 10.0 Å². The molecule has 1 aliphatic rings. The zero-order valence-electron chi connectivity index (χ0n) is 12.1. The zero-order chi connectivity index (χ0) is 15.6. The third-order valence-corrected chi connectivity index (χ3v) is 5.17. The van der Waals surface area contributed by atoms with Crippen LogP contribution in [0.1, 0.15) is 43.5 Å². The van der Waals surface area contributed by atoms with E-state index in [-0.39, 0.29) is 22.5 Å². The number of nitrogens with zero attached hydrogens (tertiary/aromatic N) is 1. The number of piperidine rings is 1. The summed E-state index contributed by atoms with van der Waals surface area (Å²) in [4.78, 5) is 13.5. The average molecular weight is 312 g/mol. The summed E-state index contributed by atoms with van der Waals surface area (Å²) in [7, 11) is -3.69. The SMILES string of the molecule is CC1CCCC(C)N1NS(=O)(=O)c1ccc(C(=O)O)cc1. The number of nitrogens with one attached hydrogen (secondary N) is 1. The molecule has 1 aromatic carbocycles. The Morgan fingerprint density at radius 2 is 1.71 bits per heavy atom. The minimum Gasteiger partial charge on any atom is -0.478 e. The summed E-state index contributed by atoms with van der Waals surface area (Å²) in [6.45, 7) is 3.98. The monoisotopic (exact) mass is 312 g/mol. The van der Waals surface area contributed by atoms with Gasteiger partial charge in [-0.15, -0.1) is 4.83 Å². The third-order valence-electron chi connectivity index (χ3n) is 3.83. The van der Waals surface area contributed by atoms with Crippen molar-refractivity contribution in [3.63, 3.8) is 0 Å². The minimum atomic E-state index is -3.69. The molecule has 0 bridgehead atoms. The number of carboxylic acids is 1. The molecule has 7 heteroatoms. The standard InChI is InChI=1S/C14H20N2O4S/c1-10-4-3-5-11(2)16(10)15-21(19,20)13-8-6-12(7-9-13)14(17)18/h6-11,15H,3-5H2,1-2H3,(H,17,18). The van der Waals surface area contributed by atoms with Gasteiger partial charge in [0.2, 0.25) is 0 Å². The van der Waals surface area contributed by atoms with E-state index in [9.17, 15) is 13.2 Å². The number of hydrogen-bond acceptors (Lipinski definition) is 4.